The number of halogens is 1. The molecule has 5 rings (SSSR count). The number of aromatic amines is 1. The third-order valence-electron chi connectivity index (χ3n) is 6.28. The first-order valence-corrected chi connectivity index (χ1v) is 14.7. The van der Waals surface area contributed by atoms with E-state index >= 15 is 0 Å². The molecule has 43 heavy (non-hydrogen) atoms. The van der Waals surface area contributed by atoms with Crippen LogP contribution in [-0.4, -0.2) is 47.0 Å². The average Bonchev–Trinajstić information content (AvgIpc) is 3.42. The van der Waals surface area contributed by atoms with Crippen LogP contribution in [0.1, 0.15) is 22.5 Å². The van der Waals surface area contributed by atoms with E-state index in [2.05, 4.69) is 25.0 Å². The second-order valence-electron chi connectivity index (χ2n) is 9.29. The van der Waals surface area contributed by atoms with Gasteiger partial charge in [0.2, 0.25) is 5.91 Å². The van der Waals surface area contributed by atoms with Crippen LogP contribution in [0.15, 0.2) is 83.8 Å². The minimum atomic E-state index is -4.06. The van der Waals surface area contributed by atoms with Crippen molar-refractivity contribution in [1.29, 1.82) is 0 Å². The molecule has 12 nitrogen and oxygen atoms in total. The molecule has 2 aromatic heterocycles. The van der Waals surface area contributed by atoms with Gasteiger partial charge >= 0.3 is 0 Å². The Labute approximate surface area is 251 Å². The summed E-state index contributed by atoms with van der Waals surface area (Å²) in [5.41, 5.74) is 4.75. The Bertz CT molecular complexity index is 1910. The van der Waals surface area contributed by atoms with Crippen molar-refractivity contribution in [3.8, 4) is 17.1 Å². The molecular formula is C29H25ClN6O6S. The normalized spacial score (nSPS) is 11.2. The van der Waals surface area contributed by atoms with E-state index in [-0.39, 0.29) is 35.1 Å². The fraction of sp³-hybridized carbons (Fsp3) is 0.103. The first-order valence-electron chi connectivity index (χ1n) is 12.9. The van der Waals surface area contributed by atoms with Gasteiger partial charge in [0.15, 0.2) is 0 Å². The zero-order chi connectivity index (χ0) is 30.6. The average molecular weight is 621 g/mol. The van der Waals surface area contributed by atoms with Gasteiger partial charge in [-0.2, -0.15) is 0 Å². The smallest absolute Gasteiger partial charge is 0.263 e. The lowest BCUT2D eigenvalue weighted by Crippen LogP contribution is -2.20. The number of benzene rings is 3. The van der Waals surface area contributed by atoms with Crippen molar-refractivity contribution in [2.45, 2.75) is 18.2 Å². The number of hydrogen-bond donors (Lipinski definition) is 5. The molecule has 0 aliphatic rings. The van der Waals surface area contributed by atoms with Gasteiger partial charge in [0.1, 0.15) is 17.4 Å². The molecule has 0 radical (unpaired) electrons. The number of sulfonamides is 1. The van der Waals surface area contributed by atoms with Crippen molar-refractivity contribution >= 4 is 56.0 Å². The van der Waals surface area contributed by atoms with Crippen molar-refractivity contribution in [3.05, 3.63) is 95.1 Å². The minimum absolute atomic E-state index is 0.0126. The zero-order valence-electron chi connectivity index (χ0n) is 22.6. The van der Waals surface area contributed by atoms with Crippen molar-refractivity contribution < 1.29 is 28.0 Å². The summed E-state index contributed by atoms with van der Waals surface area (Å²) in [5.74, 6) is -0.293. The lowest BCUT2D eigenvalue weighted by atomic mass is 10.1. The van der Waals surface area contributed by atoms with Gasteiger partial charge in [-0.05, 0) is 61.5 Å². The molecule has 14 heteroatoms. The second kappa shape index (κ2) is 12.5. The van der Waals surface area contributed by atoms with E-state index < -0.39 is 21.8 Å². The van der Waals surface area contributed by atoms with Crippen LogP contribution < -0.4 is 20.3 Å². The molecule has 0 aliphatic carbocycles. The summed E-state index contributed by atoms with van der Waals surface area (Å²) in [6.45, 7) is 1.52. The molecule has 0 unspecified atom stereocenters. The summed E-state index contributed by atoms with van der Waals surface area (Å²) in [6.07, 6.45) is -0.116. The van der Waals surface area contributed by atoms with Gasteiger partial charge in [-0.1, -0.05) is 29.8 Å². The Kier molecular flexibility index (Phi) is 8.57. The Hall–Kier alpha value is -4.98. The van der Waals surface area contributed by atoms with E-state index in [1.165, 1.54) is 41.9 Å². The topological polar surface area (TPSA) is 175 Å². The molecule has 0 fully saturated rings. The van der Waals surface area contributed by atoms with Gasteiger partial charge in [-0.3, -0.25) is 19.5 Å². The summed E-state index contributed by atoms with van der Waals surface area (Å²) in [6, 6.07) is 21.1. The lowest BCUT2D eigenvalue weighted by molar-refractivity contribution is -0.129. The molecule has 0 bridgehead atoms. The van der Waals surface area contributed by atoms with Crippen LogP contribution in [0.5, 0.6) is 5.75 Å². The Morgan fingerprint density at radius 2 is 1.81 bits per heavy atom. The van der Waals surface area contributed by atoms with Crippen LogP contribution in [-0.2, 0) is 14.8 Å². The van der Waals surface area contributed by atoms with E-state index in [9.17, 15) is 18.0 Å². The zero-order valence-corrected chi connectivity index (χ0v) is 24.2. The van der Waals surface area contributed by atoms with E-state index in [0.717, 1.165) is 11.0 Å². The number of carbonyl (C=O) groups is 2. The lowest BCUT2D eigenvalue weighted by Gasteiger charge is -2.12. The fourth-order valence-electron chi connectivity index (χ4n) is 4.17. The molecular weight excluding hydrogens is 596 g/mol. The first kappa shape index (κ1) is 29.5. The van der Waals surface area contributed by atoms with Crippen LogP contribution in [0.2, 0.25) is 5.02 Å². The highest BCUT2D eigenvalue weighted by atomic mass is 35.5. The van der Waals surface area contributed by atoms with Crippen molar-refractivity contribution in [1.82, 2.24) is 20.4 Å². The summed E-state index contributed by atoms with van der Waals surface area (Å²) in [5, 5.41) is 11.8. The fourth-order valence-corrected chi connectivity index (χ4v) is 5.41. The van der Waals surface area contributed by atoms with Gasteiger partial charge in [0.05, 0.1) is 45.2 Å². The summed E-state index contributed by atoms with van der Waals surface area (Å²) in [4.78, 5) is 36.2. The number of amides is 2. The number of imidazole rings is 1. The molecule has 0 saturated carbocycles. The van der Waals surface area contributed by atoms with E-state index in [1.54, 1.807) is 25.1 Å². The SMILES string of the molecule is Cc1nc(NS(=O)(=O)c2cccc(OCCC(=O)NO)c2)ccc1C(=O)Nc1ccc(Cl)c(-c2nc3ccccc3[nH]2)c1. The third-order valence-corrected chi connectivity index (χ3v) is 7.96. The standard InChI is InChI=1S/C29H25ClN6O6S/c1-17-21(29(38)32-18-9-11-23(30)22(15-18)28-33-24-7-2-3-8-25(24)34-28)10-12-26(31-17)36-43(40,41)20-6-4-5-19(16-20)42-14-13-27(37)35-39/h2-12,15-16,39H,13-14H2,1H3,(H,31,36)(H,32,38)(H,33,34)(H,35,37). The number of carbonyl (C=O) groups excluding carboxylic acids is 2. The Morgan fingerprint density at radius 1 is 1.00 bits per heavy atom. The van der Waals surface area contributed by atoms with Gasteiger partial charge in [-0.25, -0.2) is 23.9 Å². The number of para-hydroxylation sites is 2. The largest absolute Gasteiger partial charge is 0.493 e. The number of rotatable bonds is 10. The van der Waals surface area contributed by atoms with Crippen LogP contribution >= 0.6 is 11.6 Å². The van der Waals surface area contributed by atoms with Crippen molar-refractivity contribution in [2.75, 3.05) is 16.6 Å². The number of H-pyrrole nitrogens is 1. The van der Waals surface area contributed by atoms with E-state index in [4.69, 9.17) is 21.5 Å². The molecule has 0 saturated heterocycles. The molecule has 0 aliphatic heterocycles. The molecule has 5 N–H and O–H groups in total. The number of pyridine rings is 1. The predicted octanol–water partition coefficient (Wildman–Crippen LogP) is 4.91. The molecule has 220 valence electrons. The highest BCUT2D eigenvalue weighted by molar-refractivity contribution is 7.92. The highest BCUT2D eigenvalue weighted by Crippen LogP contribution is 2.30. The summed E-state index contributed by atoms with van der Waals surface area (Å²) >= 11 is 6.43. The molecule has 2 amide bonds. The Balaban J connectivity index is 1.28. The first-order chi connectivity index (χ1) is 20.6. The number of aryl methyl sites for hydroxylation is 1. The number of hydroxylamine groups is 1. The molecule has 3 aromatic carbocycles. The number of nitrogens with zero attached hydrogens (tertiary/aromatic N) is 2. The minimum Gasteiger partial charge on any atom is -0.493 e. The number of anilines is 2. The highest BCUT2D eigenvalue weighted by Gasteiger charge is 2.19. The van der Waals surface area contributed by atoms with Gasteiger partial charge < -0.3 is 15.0 Å². The summed E-state index contributed by atoms with van der Waals surface area (Å²) in [7, 11) is -4.06. The molecule has 5 aromatic rings. The number of nitrogens with one attached hydrogen (secondary N) is 4. The second-order valence-corrected chi connectivity index (χ2v) is 11.4. The van der Waals surface area contributed by atoms with Crippen LogP contribution in [0.25, 0.3) is 22.4 Å². The van der Waals surface area contributed by atoms with E-state index in [1.807, 2.05) is 24.3 Å². The van der Waals surface area contributed by atoms with Crippen molar-refractivity contribution in [3.63, 3.8) is 0 Å². The van der Waals surface area contributed by atoms with Gasteiger partial charge in [-0.15, -0.1) is 0 Å². The predicted molar refractivity (Wildman–Crippen MR) is 161 cm³/mol. The maximum atomic E-state index is 13.1. The quantitative estimate of drug-likeness (QED) is 0.108. The van der Waals surface area contributed by atoms with Gasteiger partial charge in [0, 0.05) is 17.3 Å². The number of fused-ring (bicyclic) bond motifs is 1. The maximum Gasteiger partial charge on any atom is 0.263 e. The van der Waals surface area contributed by atoms with Crippen LogP contribution in [0.4, 0.5) is 11.5 Å². The number of ether oxygens (including phenoxy) is 1. The van der Waals surface area contributed by atoms with Crippen LogP contribution in [0, 0.1) is 6.92 Å². The monoisotopic (exact) mass is 620 g/mol. The van der Waals surface area contributed by atoms with E-state index in [0.29, 0.717) is 27.8 Å². The van der Waals surface area contributed by atoms with Crippen LogP contribution in [0.3, 0.4) is 0 Å². The van der Waals surface area contributed by atoms with Gasteiger partial charge in [0.25, 0.3) is 15.9 Å². The molecule has 0 atom stereocenters. The molecule has 2 heterocycles. The number of hydrogen-bond acceptors (Lipinski definition) is 8. The molecule has 0 spiro atoms. The summed E-state index contributed by atoms with van der Waals surface area (Å²) < 4.78 is 33.8. The third kappa shape index (κ3) is 6.92. The maximum absolute atomic E-state index is 13.1. The van der Waals surface area contributed by atoms with Crippen molar-refractivity contribution in [2.24, 2.45) is 0 Å². The number of aromatic nitrogens is 3. The Morgan fingerprint density at radius 3 is 2.58 bits per heavy atom.